The maximum absolute atomic E-state index is 11.7. The Bertz CT molecular complexity index is 379. The number of amides is 1. The van der Waals surface area contributed by atoms with Gasteiger partial charge in [0.25, 0.3) is 5.91 Å². The molecule has 0 saturated carbocycles. The predicted octanol–water partition coefficient (Wildman–Crippen LogP) is 1.54. The van der Waals surface area contributed by atoms with Gasteiger partial charge in [0.05, 0.1) is 6.10 Å². The molecular formula is C13H19BrN2O2. The van der Waals surface area contributed by atoms with E-state index in [0.717, 1.165) is 4.47 Å². The van der Waals surface area contributed by atoms with Crippen LogP contribution in [0.2, 0.25) is 0 Å². The van der Waals surface area contributed by atoms with Crippen molar-refractivity contribution in [2.45, 2.75) is 26.0 Å². The fourth-order valence-corrected chi connectivity index (χ4v) is 1.61. The normalized spacial score (nSPS) is 14.0. The van der Waals surface area contributed by atoms with E-state index in [4.69, 9.17) is 0 Å². The van der Waals surface area contributed by atoms with Crippen LogP contribution in [-0.4, -0.2) is 36.2 Å². The van der Waals surface area contributed by atoms with Crippen molar-refractivity contribution in [1.82, 2.24) is 10.6 Å². The molecule has 0 fully saturated rings. The quantitative estimate of drug-likeness (QED) is 0.698. The van der Waals surface area contributed by atoms with Crippen molar-refractivity contribution >= 4 is 21.8 Å². The monoisotopic (exact) mass is 314 g/mol. The molecule has 18 heavy (non-hydrogen) atoms. The molecule has 100 valence electrons. The van der Waals surface area contributed by atoms with Crippen molar-refractivity contribution in [2.75, 3.05) is 13.1 Å². The minimum atomic E-state index is -0.396. The smallest absolute Gasteiger partial charge is 0.251 e. The minimum Gasteiger partial charge on any atom is -0.392 e. The molecule has 0 aliphatic heterocycles. The fraction of sp³-hybridized carbons (Fsp3) is 0.462. The lowest BCUT2D eigenvalue weighted by Crippen LogP contribution is -2.40. The predicted molar refractivity (Wildman–Crippen MR) is 75.6 cm³/mol. The second-order valence-corrected chi connectivity index (χ2v) is 5.16. The zero-order valence-corrected chi connectivity index (χ0v) is 12.2. The molecule has 0 radical (unpaired) electrons. The van der Waals surface area contributed by atoms with Crippen molar-refractivity contribution in [2.24, 2.45) is 0 Å². The van der Waals surface area contributed by atoms with Crippen LogP contribution < -0.4 is 10.6 Å². The first kappa shape index (κ1) is 15.1. The van der Waals surface area contributed by atoms with Crippen LogP contribution in [-0.2, 0) is 0 Å². The van der Waals surface area contributed by atoms with E-state index in [9.17, 15) is 9.90 Å². The number of benzene rings is 1. The lowest BCUT2D eigenvalue weighted by Gasteiger charge is -2.16. The molecule has 4 nitrogen and oxygen atoms in total. The molecule has 1 aromatic rings. The molecule has 0 bridgehead atoms. The van der Waals surface area contributed by atoms with Gasteiger partial charge >= 0.3 is 0 Å². The number of aliphatic hydroxyl groups is 1. The molecule has 1 amide bonds. The van der Waals surface area contributed by atoms with Gasteiger partial charge in [-0.1, -0.05) is 15.9 Å². The van der Waals surface area contributed by atoms with E-state index in [0.29, 0.717) is 18.7 Å². The lowest BCUT2D eigenvalue weighted by molar-refractivity contribution is 0.0952. The van der Waals surface area contributed by atoms with Crippen molar-refractivity contribution in [3.63, 3.8) is 0 Å². The van der Waals surface area contributed by atoms with Gasteiger partial charge in [0.15, 0.2) is 0 Å². The van der Waals surface area contributed by atoms with Gasteiger partial charge in [0.1, 0.15) is 0 Å². The Hall–Kier alpha value is -0.910. The van der Waals surface area contributed by atoms with Crippen LogP contribution in [0.15, 0.2) is 28.7 Å². The maximum atomic E-state index is 11.7. The van der Waals surface area contributed by atoms with Crippen LogP contribution in [0.3, 0.4) is 0 Å². The molecule has 2 atom stereocenters. The number of rotatable bonds is 6. The van der Waals surface area contributed by atoms with E-state index in [2.05, 4.69) is 26.6 Å². The zero-order valence-electron chi connectivity index (χ0n) is 10.6. The van der Waals surface area contributed by atoms with Crippen LogP contribution >= 0.6 is 15.9 Å². The molecule has 0 aromatic heterocycles. The van der Waals surface area contributed by atoms with Gasteiger partial charge in [-0.2, -0.15) is 0 Å². The maximum Gasteiger partial charge on any atom is 0.251 e. The number of carbonyl (C=O) groups is 1. The van der Waals surface area contributed by atoms with Gasteiger partial charge in [0, 0.05) is 29.2 Å². The van der Waals surface area contributed by atoms with Crippen LogP contribution in [0.1, 0.15) is 24.2 Å². The summed E-state index contributed by atoms with van der Waals surface area (Å²) in [7, 11) is 0. The molecule has 5 heteroatoms. The summed E-state index contributed by atoms with van der Waals surface area (Å²) in [6.45, 7) is 4.81. The first-order valence-electron chi connectivity index (χ1n) is 5.96. The SMILES string of the molecule is CC(O)C(C)NCCNC(=O)c1ccc(Br)cc1. The Morgan fingerprint density at radius 3 is 2.44 bits per heavy atom. The summed E-state index contributed by atoms with van der Waals surface area (Å²) in [5, 5.41) is 15.2. The van der Waals surface area contributed by atoms with Gasteiger partial charge in [-0.3, -0.25) is 4.79 Å². The van der Waals surface area contributed by atoms with E-state index in [1.807, 2.05) is 19.1 Å². The summed E-state index contributed by atoms with van der Waals surface area (Å²) in [4.78, 5) is 11.7. The number of nitrogens with one attached hydrogen (secondary N) is 2. The highest BCUT2D eigenvalue weighted by molar-refractivity contribution is 9.10. The minimum absolute atomic E-state index is 0.0228. The van der Waals surface area contributed by atoms with Crippen LogP contribution in [0, 0.1) is 0 Å². The van der Waals surface area contributed by atoms with Crippen molar-refractivity contribution in [3.8, 4) is 0 Å². The molecule has 1 rings (SSSR count). The highest BCUT2D eigenvalue weighted by Gasteiger charge is 2.07. The molecule has 3 N–H and O–H groups in total. The third kappa shape index (κ3) is 5.16. The number of aliphatic hydroxyl groups excluding tert-OH is 1. The van der Waals surface area contributed by atoms with Crippen molar-refractivity contribution < 1.29 is 9.90 Å². The van der Waals surface area contributed by atoms with Gasteiger partial charge in [-0.25, -0.2) is 0 Å². The summed E-state index contributed by atoms with van der Waals surface area (Å²) >= 11 is 3.32. The van der Waals surface area contributed by atoms with Crippen LogP contribution in [0.4, 0.5) is 0 Å². The lowest BCUT2D eigenvalue weighted by atomic mass is 10.2. The average molecular weight is 315 g/mol. The molecule has 1 aromatic carbocycles. The molecule has 0 aliphatic rings. The first-order chi connectivity index (χ1) is 8.50. The van der Waals surface area contributed by atoms with E-state index >= 15 is 0 Å². The summed E-state index contributed by atoms with van der Waals surface area (Å²) in [5.74, 6) is -0.0889. The van der Waals surface area contributed by atoms with Crippen LogP contribution in [0.5, 0.6) is 0 Å². The standard InChI is InChI=1S/C13H19BrN2O2/c1-9(10(2)17)15-7-8-16-13(18)11-3-5-12(14)6-4-11/h3-6,9-10,15,17H,7-8H2,1-2H3,(H,16,18). The first-order valence-corrected chi connectivity index (χ1v) is 6.75. The molecule has 0 spiro atoms. The summed E-state index contributed by atoms with van der Waals surface area (Å²) < 4.78 is 0.950. The highest BCUT2D eigenvalue weighted by atomic mass is 79.9. The Morgan fingerprint density at radius 1 is 1.28 bits per heavy atom. The Morgan fingerprint density at radius 2 is 1.89 bits per heavy atom. The Balaban J connectivity index is 2.27. The molecule has 0 saturated heterocycles. The zero-order chi connectivity index (χ0) is 13.5. The third-order valence-corrected chi connectivity index (χ3v) is 3.24. The number of hydrogen-bond donors (Lipinski definition) is 3. The Labute approximate surface area is 116 Å². The van der Waals surface area contributed by atoms with Crippen molar-refractivity contribution in [1.29, 1.82) is 0 Å². The van der Waals surface area contributed by atoms with E-state index in [1.165, 1.54) is 0 Å². The van der Waals surface area contributed by atoms with Gasteiger partial charge in [-0.05, 0) is 38.1 Å². The second kappa shape index (κ2) is 7.51. The van der Waals surface area contributed by atoms with Crippen LogP contribution in [0.25, 0.3) is 0 Å². The topological polar surface area (TPSA) is 61.4 Å². The molecule has 0 aliphatic carbocycles. The van der Waals surface area contributed by atoms with Gasteiger partial charge in [0.2, 0.25) is 0 Å². The molecule has 2 unspecified atom stereocenters. The van der Waals surface area contributed by atoms with Gasteiger partial charge < -0.3 is 15.7 Å². The molecular weight excluding hydrogens is 296 g/mol. The van der Waals surface area contributed by atoms with E-state index < -0.39 is 6.10 Å². The summed E-state index contributed by atoms with van der Waals surface area (Å²) in [6, 6.07) is 7.23. The summed E-state index contributed by atoms with van der Waals surface area (Å²) in [6.07, 6.45) is -0.396. The second-order valence-electron chi connectivity index (χ2n) is 4.25. The number of hydrogen-bond acceptors (Lipinski definition) is 3. The Kier molecular flexibility index (Phi) is 6.32. The number of halogens is 1. The molecule has 0 heterocycles. The fourth-order valence-electron chi connectivity index (χ4n) is 1.35. The van der Waals surface area contributed by atoms with E-state index in [-0.39, 0.29) is 11.9 Å². The largest absolute Gasteiger partial charge is 0.392 e. The highest BCUT2D eigenvalue weighted by Crippen LogP contribution is 2.10. The third-order valence-electron chi connectivity index (χ3n) is 2.71. The summed E-state index contributed by atoms with van der Waals surface area (Å²) in [5.41, 5.74) is 0.641. The van der Waals surface area contributed by atoms with Crippen molar-refractivity contribution in [3.05, 3.63) is 34.3 Å². The number of carbonyl (C=O) groups excluding carboxylic acids is 1. The average Bonchev–Trinajstić information content (AvgIpc) is 2.34. The van der Waals surface area contributed by atoms with E-state index in [1.54, 1.807) is 19.1 Å². The van der Waals surface area contributed by atoms with Gasteiger partial charge in [-0.15, -0.1) is 0 Å².